The Morgan fingerprint density at radius 2 is 2.16 bits per heavy atom. The Labute approximate surface area is 119 Å². The van der Waals surface area contributed by atoms with E-state index in [-0.39, 0.29) is 17.6 Å². The van der Waals surface area contributed by atoms with Crippen LogP contribution in [-0.2, 0) is 0 Å². The maximum Gasteiger partial charge on any atom is 0.321 e. The van der Waals surface area contributed by atoms with Crippen molar-refractivity contribution in [1.82, 2.24) is 15.6 Å². The van der Waals surface area contributed by atoms with E-state index in [4.69, 9.17) is 0 Å². The molecule has 0 saturated heterocycles. The Morgan fingerprint density at radius 1 is 1.47 bits per heavy atom. The number of rotatable bonds is 5. The highest BCUT2D eigenvalue weighted by atomic mass is 32.1. The molecule has 0 aliphatic carbocycles. The van der Waals surface area contributed by atoms with E-state index in [1.54, 1.807) is 0 Å². The fraction of sp³-hybridized carbons (Fsp3) is 0.692. The number of urea groups is 1. The number of aromatic nitrogens is 1. The van der Waals surface area contributed by atoms with Gasteiger partial charge in [-0.25, -0.2) is 9.78 Å². The lowest BCUT2D eigenvalue weighted by atomic mass is 10.1. The zero-order valence-corrected chi connectivity index (χ0v) is 13.1. The molecule has 1 aromatic heterocycles. The highest BCUT2D eigenvalue weighted by Crippen LogP contribution is 2.20. The molecule has 108 valence electrons. The van der Waals surface area contributed by atoms with Crippen molar-refractivity contribution in [2.45, 2.75) is 52.6 Å². The molecule has 0 aromatic carbocycles. The van der Waals surface area contributed by atoms with Crippen LogP contribution in [0.5, 0.6) is 0 Å². The van der Waals surface area contributed by atoms with Crippen molar-refractivity contribution in [3.8, 4) is 0 Å². The monoisotopic (exact) mass is 284 g/mol. The molecule has 0 aliphatic rings. The van der Waals surface area contributed by atoms with Crippen LogP contribution in [0, 0.1) is 0 Å². The van der Waals surface area contributed by atoms with Gasteiger partial charge >= 0.3 is 6.03 Å². The summed E-state index contributed by atoms with van der Waals surface area (Å²) in [5.74, 6) is 0. The Balaban J connectivity index is 2.53. The van der Waals surface area contributed by atoms with Crippen LogP contribution in [0.1, 0.15) is 52.8 Å². The van der Waals surface area contributed by atoms with Gasteiger partial charge in [0.1, 0.15) is 0 Å². The molecule has 0 aliphatic heterocycles. The average molecular weight is 284 g/mol. The second-order valence-corrected chi connectivity index (χ2v) is 6.44. The Kier molecular flexibility index (Phi) is 5.75. The second-order valence-electron chi connectivity index (χ2n) is 5.58. The summed E-state index contributed by atoms with van der Waals surface area (Å²) in [6.07, 6.45) is 1.09. The molecule has 1 rings (SSSR count). The Hall–Kier alpha value is -1.14. The third-order valence-corrected chi connectivity index (χ3v) is 3.15. The number of hydrogen-bond acceptors (Lipinski definition) is 4. The molecule has 0 fully saturated rings. The number of nitrogens with one attached hydrogen (secondary N) is 3. The molecule has 0 radical (unpaired) electrons. The van der Waals surface area contributed by atoms with Gasteiger partial charge in [0.05, 0.1) is 5.69 Å². The van der Waals surface area contributed by atoms with Crippen LogP contribution in [0.4, 0.5) is 9.93 Å². The first-order valence-corrected chi connectivity index (χ1v) is 7.47. The minimum Gasteiger partial charge on any atom is -0.333 e. The minimum absolute atomic E-state index is 0.206. The van der Waals surface area contributed by atoms with E-state index >= 15 is 0 Å². The lowest BCUT2D eigenvalue weighted by Gasteiger charge is -2.20. The van der Waals surface area contributed by atoms with Crippen LogP contribution in [0.15, 0.2) is 5.38 Å². The van der Waals surface area contributed by atoms with Crippen molar-refractivity contribution in [1.29, 1.82) is 0 Å². The zero-order valence-electron chi connectivity index (χ0n) is 12.3. The van der Waals surface area contributed by atoms with Crippen molar-refractivity contribution in [2.24, 2.45) is 0 Å². The van der Waals surface area contributed by atoms with Gasteiger partial charge in [-0.3, -0.25) is 5.32 Å². The van der Waals surface area contributed by atoms with E-state index < -0.39 is 0 Å². The largest absolute Gasteiger partial charge is 0.333 e. The number of hydrogen-bond donors (Lipinski definition) is 3. The van der Waals surface area contributed by atoms with Crippen molar-refractivity contribution in [3.05, 3.63) is 11.1 Å². The number of carbonyl (C=O) groups is 1. The summed E-state index contributed by atoms with van der Waals surface area (Å²) in [6, 6.07) is -0.0139. The van der Waals surface area contributed by atoms with Crippen LogP contribution >= 0.6 is 11.3 Å². The summed E-state index contributed by atoms with van der Waals surface area (Å²) < 4.78 is 0. The Bertz CT molecular complexity index is 411. The maximum absolute atomic E-state index is 11.7. The first-order valence-electron chi connectivity index (χ1n) is 6.60. The van der Waals surface area contributed by atoms with Gasteiger partial charge in [-0.2, -0.15) is 0 Å². The van der Waals surface area contributed by atoms with E-state index in [1.807, 2.05) is 26.2 Å². The number of anilines is 1. The molecule has 1 heterocycles. The van der Waals surface area contributed by atoms with Gasteiger partial charge in [0, 0.05) is 17.0 Å². The molecule has 1 atom stereocenters. The molecule has 2 amide bonds. The predicted octanol–water partition coefficient (Wildman–Crippen LogP) is 3.12. The van der Waals surface area contributed by atoms with Gasteiger partial charge in [-0.15, -0.1) is 11.3 Å². The second kappa shape index (κ2) is 6.86. The topological polar surface area (TPSA) is 66.0 Å². The molecule has 19 heavy (non-hydrogen) atoms. The molecule has 0 bridgehead atoms. The minimum atomic E-state index is -0.250. The fourth-order valence-corrected chi connectivity index (χ4v) is 2.28. The summed E-state index contributed by atoms with van der Waals surface area (Å²) in [5.41, 5.74) is 0.713. The van der Waals surface area contributed by atoms with Crippen molar-refractivity contribution in [2.75, 3.05) is 11.9 Å². The van der Waals surface area contributed by atoms with E-state index in [0.717, 1.165) is 18.7 Å². The zero-order chi connectivity index (χ0) is 14.5. The van der Waals surface area contributed by atoms with E-state index in [9.17, 15) is 4.79 Å². The summed E-state index contributed by atoms with van der Waals surface area (Å²) in [6.45, 7) is 11.0. The third-order valence-electron chi connectivity index (χ3n) is 2.38. The first-order chi connectivity index (χ1) is 8.81. The van der Waals surface area contributed by atoms with Crippen LogP contribution in [0.25, 0.3) is 0 Å². The van der Waals surface area contributed by atoms with Gasteiger partial charge in [-0.05, 0) is 40.7 Å². The van der Waals surface area contributed by atoms with Crippen LogP contribution < -0.4 is 16.0 Å². The molecule has 6 heteroatoms. The molecule has 1 unspecified atom stereocenters. The fourth-order valence-electron chi connectivity index (χ4n) is 1.48. The quantitative estimate of drug-likeness (QED) is 0.778. The third kappa shape index (κ3) is 6.02. The van der Waals surface area contributed by atoms with Crippen LogP contribution in [-0.4, -0.2) is 23.1 Å². The van der Waals surface area contributed by atoms with E-state index in [2.05, 4.69) is 34.8 Å². The summed E-state index contributed by atoms with van der Waals surface area (Å²) in [5, 5.41) is 11.6. The number of thiazole rings is 1. The van der Waals surface area contributed by atoms with Gasteiger partial charge in [0.2, 0.25) is 0 Å². The molecular formula is C13H24N4OS. The summed E-state index contributed by atoms with van der Waals surface area (Å²) in [7, 11) is 0. The van der Waals surface area contributed by atoms with Crippen LogP contribution in [0.3, 0.4) is 0 Å². The molecule has 1 aromatic rings. The smallest absolute Gasteiger partial charge is 0.321 e. The van der Waals surface area contributed by atoms with Gasteiger partial charge in [0.15, 0.2) is 5.13 Å². The Morgan fingerprint density at radius 3 is 2.74 bits per heavy atom. The lowest BCUT2D eigenvalue weighted by Crippen LogP contribution is -2.43. The summed E-state index contributed by atoms with van der Waals surface area (Å²) in [4.78, 5) is 16.1. The molecule has 3 N–H and O–H groups in total. The average Bonchev–Trinajstić information content (AvgIpc) is 2.71. The lowest BCUT2D eigenvalue weighted by molar-refractivity contribution is 0.244. The SMILES string of the molecule is CCCNC(C)c1csc(NC(=O)NC(C)(C)C)n1. The van der Waals surface area contributed by atoms with E-state index in [0.29, 0.717) is 5.13 Å². The van der Waals surface area contributed by atoms with Crippen molar-refractivity contribution in [3.63, 3.8) is 0 Å². The normalized spacial score (nSPS) is 13.1. The number of nitrogens with zero attached hydrogens (tertiary/aromatic N) is 1. The first kappa shape index (κ1) is 15.9. The molecule has 5 nitrogen and oxygen atoms in total. The van der Waals surface area contributed by atoms with Crippen LogP contribution in [0.2, 0.25) is 0 Å². The molecular weight excluding hydrogens is 260 g/mol. The number of amides is 2. The maximum atomic E-state index is 11.7. The van der Waals surface area contributed by atoms with Gasteiger partial charge < -0.3 is 10.6 Å². The highest BCUT2D eigenvalue weighted by Gasteiger charge is 2.15. The predicted molar refractivity (Wildman–Crippen MR) is 80.7 cm³/mol. The van der Waals surface area contributed by atoms with Crippen molar-refractivity contribution < 1.29 is 4.79 Å². The van der Waals surface area contributed by atoms with Gasteiger partial charge in [-0.1, -0.05) is 6.92 Å². The molecule has 0 saturated carbocycles. The summed E-state index contributed by atoms with van der Waals surface area (Å²) >= 11 is 1.44. The van der Waals surface area contributed by atoms with E-state index in [1.165, 1.54) is 11.3 Å². The highest BCUT2D eigenvalue weighted by molar-refractivity contribution is 7.13. The van der Waals surface area contributed by atoms with Gasteiger partial charge in [0.25, 0.3) is 0 Å². The van der Waals surface area contributed by atoms with Crippen molar-refractivity contribution >= 4 is 22.5 Å². The number of carbonyl (C=O) groups excluding carboxylic acids is 1. The molecule has 0 spiro atoms. The standard InChI is InChI=1S/C13H24N4OS/c1-6-7-14-9(2)10-8-19-12(15-10)16-11(18)17-13(3,4)5/h8-9,14H,6-7H2,1-5H3,(H2,15,16,17,18).